The van der Waals surface area contributed by atoms with Gasteiger partial charge in [0, 0.05) is 0 Å². The minimum absolute atomic E-state index is 0.0130. The van der Waals surface area contributed by atoms with E-state index in [0.717, 1.165) is 0 Å². The lowest BCUT2D eigenvalue weighted by molar-refractivity contribution is 0.187. The molecule has 1 aromatic carbocycles. The van der Waals surface area contributed by atoms with Crippen LogP contribution < -0.4 is 14.6 Å². The van der Waals surface area contributed by atoms with E-state index >= 15 is 0 Å². The average Bonchev–Trinajstić information content (AvgIpc) is 2.23. The fourth-order valence-electron chi connectivity index (χ4n) is 1.39. The molecule has 108 valence electrons. The second-order valence-corrected chi connectivity index (χ2v) is 6.65. The van der Waals surface area contributed by atoms with Crippen LogP contribution in [-0.4, -0.2) is 21.1 Å². The normalized spacial score (nSPS) is 14.2. The van der Waals surface area contributed by atoms with Gasteiger partial charge in [0.15, 0.2) is 11.6 Å². The lowest BCUT2D eigenvalue weighted by Gasteiger charge is -2.30. The Bertz CT molecular complexity index is 526. The van der Waals surface area contributed by atoms with Crippen LogP contribution in [0, 0.1) is 11.2 Å². The third kappa shape index (κ3) is 5.54. The standard InChI is InChI=1S/C12H19FN2O3S/c1-12(2,3)11(15-19(14,16)17)8-18-10-7-5-4-6-9(10)13/h4-7,11,15H,8H2,1-3H3,(H2,14,16,17). The highest BCUT2D eigenvalue weighted by Gasteiger charge is 2.28. The van der Waals surface area contributed by atoms with Gasteiger partial charge in [-0.25, -0.2) is 9.53 Å². The lowest BCUT2D eigenvalue weighted by atomic mass is 9.88. The van der Waals surface area contributed by atoms with Crippen molar-refractivity contribution in [1.29, 1.82) is 0 Å². The van der Waals surface area contributed by atoms with Gasteiger partial charge >= 0.3 is 0 Å². The highest BCUT2D eigenvalue weighted by atomic mass is 32.2. The number of para-hydroxylation sites is 1. The van der Waals surface area contributed by atoms with Crippen LogP contribution in [0.25, 0.3) is 0 Å². The maximum absolute atomic E-state index is 13.4. The fourth-order valence-corrected chi connectivity index (χ4v) is 2.21. The molecule has 0 radical (unpaired) electrons. The molecule has 0 fully saturated rings. The predicted molar refractivity (Wildman–Crippen MR) is 71.4 cm³/mol. The molecule has 0 bridgehead atoms. The summed E-state index contributed by atoms with van der Waals surface area (Å²) in [5, 5.41) is 4.96. The Morgan fingerprint density at radius 3 is 2.42 bits per heavy atom. The third-order valence-corrected chi connectivity index (χ3v) is 3.21. The van der Waals surface area contributed by atoms with Crippen LogP contribution in [0.5, 0.6) is 5.75 Å². The second-order valence-electron chi connectivity index (χ2n) is 5.32. The van der Waals surface area contributed by atoms with Crippen molar-refractivity contribution in [2.75, 3.05) is 6.61 Å². The van der Waals surface area contributed by atoms with E-state index in [2.05, 4.69) is 4.72 Å². The summed E-state index contributed by atoms with van der Waals surface area (Å²) in [6.07, 6.45) is 0. The minimum atomic E-state index is -3.84. The van der Waals surface area contributed by atoms with Gasteiger partial charge in [-0.3, -0.25) is 0 Å². The molecule has 1 atom stereocenters. The Labute approximate surface area is 113 Å². The van der Waals surface area contributed by atoms with Gasteiger partial charge in [0.05, 0.1) is 6.04 Å². The van der Waals surface area contributed by atoms with E-state index in [-0.39, 0.29) is 12.4 Å². The van der Waals surface area contributed by atoms with Gasteiger partial charge in [-0.1, -0.05) is 32.9 Å². The average molecular weight is 290 g/mol. The molecule has 0 amide bonds. The van der Waals surface area contributed by atoms with Gasteiger partial charge < -0.3 is 4.74 Å². The summed E-state index contributed by atoms with van der Waals surface area (Å²) >= 11 is 0. The van der Waals surface area contributed by atoms with Crippen molar-refractivity contribution in [3.05, 3.63) is 30.1 Å². The molecule has 3 N–H and O–H groups in total. The zero-order valence-electron chi connectivity index (χ0n) is 11.2. The van der Waals surface area contributed by atoms with E-state index < -0.39 is 27.5 Å². The number of nitrogens with two attached hydrogens (primary N) is 1. The molecule has 1 rings (SSSR count). The molecule has 0 saturated heterocycles. The lowest BCUT2D eigenvalue weighted by Crippen LogP contribution is -2.49. The number of halogens is 1. The van der Waals surface area contributed by atoms with Crippen LogP contribution in [0.15, 0.2) is 24.3 Å². The van der Waals surface area contributed by atoms with Crippen LogP contribution in [-0.2, 0) is 10.2 Å². The number of rotatable bonds is 5. The van der Waals surface area contributed by atoms with Crippen molar-refractivity contribution in [2.45, 2.75) is 26.8 Å². The molecule has 19 heavy (non-hydrogen) atoms. The van der Waals surface area contributed by atoms with Crippen molar-refractivity contribution in [2.24, 2.45) is 10.6 Å². The smallest absolute Gasteiger partial charge is 0.274 e. The van der Waals surface area contributed by atoms with Gasteiger partial charge in [0.2, 0.25) is 0 Å². The van der Waals surface area contributed by atoms with Crippen molar-refractivity contribution in [1.82, 2.24) is 4.72 Å². The molecule has 7 heteroatoms. The first-order chi connectivity index (χ1) is 8.59. The summed E-state index contributed by atoms with van der Waals surface area (Å²) in [6, 6.07) is 5.37. The van der Waals surface area contributed by atoms with E-state index in [9.17, 15) is 12.8 Å². The number of hydrogen-bond donors (Lipinski definition) is 2. The first-order valence-corrected chi connectivity index (χ1v) is 7.31. The number of ether oxygens (including phenoxy) is 1. The summed E-state index contributed by atoms with van der Waals surface area (Å²) < 4.78 is 43.2. The Morgan fingerprint density at radius 2 is 1.95 bits per heavy atom. The molecule has 0 saturated carbocycles. The largest absolute Gasteiger partial charge is 0.489 e. The Balaban J connectivity index is 2.77. The molecule has 0 aliphatic carbocycles. The molecule has 5 nitrogen and oxygen atoms in total. The van der Waals surface area contributed by atoms with Gasteiger partial charge in [0.25, 0.3) is 10.2 Å². The number of nitrogens with one attached hydrogen (secondary N) is 1. The zero-order valence-corrected chi connectivity index (χ0v) is 12.0. The topological polar surface area (TPSA) is 81.4 Å². The highest BCUT2D eigenvalue weighted by Crippen LogP contribution is 2.22. The maximum Gasteiger partial charge on any atom is 0.274 e. The Kier molecular flexibility index (Phi) is 4.89. The second kappa shape index (κ2) is 5.85. The third-order valence-electron chi connectivity index (χ3n) is 2.59. The van der Waals surface area contributed by atoms with Crippen LogP contribution in [0.3, 0.4) is 0 Å². The molecule has 0 aromatic heterocycles. The van der Waals surface area contributed by atoms with Crippen LogP contribution in [0.4, 0.5) is 4.39 Å². The van der Waals surface area contributed by atoms with E-state index in [0.29, 0.717) is 0 Å². The summed E-state index contributed by atoms with van der Waals surface area (Å²) in [5.74, 6) is -0.418. The molecule has 1 aromatic rings. The number of hydrogen-bond acceptors (Lipinski definition) is 3. The van der Waals surface area contributed by atoms with Gasteiger partial charge in [-0.2, -0.15) is 13.1 Å². The predicted octanol–water partition coefficient (Wildman–Crippen LogP) is 1.41. The summed E-state index contributed by atoms with van der Waals surface area (Å²) in [7, 11) is -3.84. The maximum atomic E-state index is 13.4. The molecular formula is C12H19FN2O3S. The van der Waals surface area contributed by atoms with Crippen LogP contribution in [0.2, 0.25) is 0 Å². The van der Waals surface area contributed by atoms with Crippen LogP contribution in [0.1, 0.15) is 20.8 Å². The van der Waals surface area contributed by atoms with Crippen molar-refractivity contribution in [3.8, 4) is 5.75 Å². The Morgan fingerprint density at radius 1 is 1.37 bits per heavy atom. The Hall–Kier alpha value is -1.18. The molecular weight excluding hydrogens is 271 g/mol. The molecule has 1 unspecified atom stereocenters. The van der Waals surface area contributed by atoms with Crippen molar-refractivity contribution >= 4 is 10.2 Å². The first-order valence-electron chi connectivity index (χ1n) is 5.77. The van der Waals surface area contributed by atoms with Gasteiger partial charge in [-0.15, -0.1) is 0 Å². The molecule has 0 aliphatic heterocycles. The van der Waals surface area contributed by atoms with Gasteiger partial charge in [0.1, 0.15) is 6.61 Å². The number of benzene rings is 1. The minimum Gasteiger partial charge on any atom is -0.489 e. The quantitative estimate of drug-likeness (QED) is 0.860. The van der Waals surface area contributed by atoms with Crippen LogP contribution >= 0.6 is 0 Å². The molecule has 0 heterocycles. The summed E-state index contributed by atoms with van der Waals surface area (Å²) in [6.45, 7) is 5.49. The van der Waals surface area contributed by atoms with Crippen molar-refractivity contribution < 1.29 is 17.5 Å². The molecule has 0 aliphatic rings. The molecule has 0 spiro atoms. The monoisotopic (exact) mass is 290 g/mol. The SMILES string of the molecule is CC(C)(C)C(COc1ccccc1F)NS(N)(=O)=O. The highest BCUT2D eigenvalue weighted by molar-refractivity contribution is 7.87. The first kappa shape index (κ1) is 15.9. The van der Waals surface area contributed by atoms with E-state index in [4.69, 9.17) is 9.88 Å². The van der Waals surface area contributed by atoms with E-state index in [1.807, 2.05) is 20.8 Å². The van der Waals surface area contributed by atoms with E-state index in [1.165, 1.54) is 12.1 Å². The fraction of sp³-hybridized carbons (Fsp3) is 0.500. The van der Waals surface area contributed by atoms with E-state index in [1.54, 1.807) is 12.1 Å². The summed E-state index contributed by atoms with van der Waals surface area (Å²) in [4.78, 5) is 0. The summed E-state index contributed by atoms with van der Waals surface area (Å²) in [5.41, 5.74) is -0.419. The van der Waals surface area contributed by atoms with Crippen molar-refractivity contribution in [3.63, 3.8) is 0 Å². The van der Waals surface area contributed by atoms with Gasteiger partial charge in [-0.05, 0) is 17.5 Å². The zero-order chi connectivity index (χ0) is 14.7.